The maximum atomic E-state index is 14.9. The minimum absolute atomic E-state index is 0.0121. The standard InChI is InChI=1S/C43H53N5O8S/c1-6-28-25-43(28,41(52)48(57(53)54)29-18-19-29)45-39(50)34-22-30(26-47(34)40(51)32(42(2,3)4)23-37(49)46-20-11-8-12-21-46)56-36-24-33(27-14-9-7-10-15-27)44-38-31(36)16-13-17-35(38)55-5/h6-7,9-10,13-17,24,28-30,32,34,57H,1,8,11-12,18-23,25-26H2,2-5H3,(H,45,50)/t28-,30-,32-,34+,43?/m1/s1. The van der Waals surface area contributed by atoms with E-state index >= 15 is 0 Å². The second-order valence-electron chi connectivity index (χ2n) is 16.9. The van der Waals surface area contributed by atoms with E-state index in [1.807, 2.05) is 80.3 Å². The summed E-state index contributed by atoms with van der Waals surface area (Å²) < 4.78 is 37.9. The summed E-state index contributed by atoms with van der Waals surface area (Å²) in [4.78, 5) is 65.4. The maximum absolute atomic E-state index is 14.9. The molecular weight excluding hydrogens is 747 g/mol. The van der Waals surface area contributed by atoms with Crippen LogP contribution in [0.4, 0.5) is 0 Å². The van der Waals surface area contributed by atoms with Crippen molar-refractivity contribution in [1.29, 1.82) is 0 Å². The number of hydrogen-bond donors (Lipinski definition) is 2. The summed E-state index contributed by atoms with van der Waals surface area (Å²) in [6, 6.07) is 15.5. The molecule has 4 amide bonds. The van der Waals surface area contributed by atoms with Gasteiger partial charge in [-0.1, -0.05) is 63.2 Å². The second kappa shape index (κ2) is 16.1. The third-order valence-corrected chi connectivity index (χ3v) is 12.8. The number of nitrogens with zero attached hydrogens (tertiary/aromatic N) is 4. The minimum atomic E-state index is -3.23. The molecule has 0 spiro atoms. The van der Waals surface area contributed by atoms with Crippen molar-refractivity contribution in [3.63, 3.8) is 0 Å². The van der Waals surface area contributed by atoms with E-state index in [0.717, 1.165) is 29.1 Å². The Kier molecular flexibility index (Phi) is 11.4. The van der Waals surface area contributed by atoms with Gasteiger partial charge in [-0.15, -0.1) is 6.58 Å². The summed E-state index contributed by atoms with van der Waals surface area (Å²) in [6.07, 6.45) is 5.15. The third-order valence-electron chi connectivity index (χ3n) is 11.9. The van der Waals surface area contributed by atoms with Crippen molar-refractivity contribution < 1.29 is 37.1 Å². The first kappa shape index (κ1) is 40.2. The monoisotopic (exact) mass is 799 g/mol. The molecule has 1 aromatic heterocycles. The summed E-state index contributed by atoms with van der Waals surface area (Å²) in [5, 5.41) is 3.61. The zero-order chi connectivity index (χ0) is 40.6. The predicted molar refractivity (Wildman–Crippen MR) is 216 cm³/mol. The van der Waals surface area contributed by atoms with Gasteiger partial charge in [0.05, 0.1) is 25.3 Å². The molecule has 1 unspecified atom stereocenters. The summed E-state index contributed by atoms with van der Waals surface area (Å²) in [5.74, 6) is -1.93. The molecule has 13 nitrogen and oxygen atoms in total. The van der Waals surface area contributed by atoms with Crippen LogP contribution in [0.25, 0.3) is 22.2 Å². The topological polar surface area (TPSA) is 156 Å². The van der Waals surface area contributed by atoms with Crippen molar-refractivity contribution in [3.8, 4) is 22.8 Å². The molecule has 4 fully saturated rings. The lowest BCUT2D eigenvalue weighted by Crippen LogP contribution is -2.57. The Hall–Kier alpha value is -4.98. The summed E-state index contributed by atoms with van der Waals surface area (Å²) in [6.45, 7) is 10.9. The van der Waals surface area contributed by atoms with E-state index in [2.05, 4.69) is 11.9 Å². The molecule has 4 aliphatic rings. The molecule has 5 atom stereocenters. The van der Waals surface area contributed by atoms with Crippen LogP contribution in [0.1, 0.15) is 72.1 Å². The van der Waals surface area contributed by atoms with Gasteiger partial charge in [0.2, 0.25) is 28.6 Å². The highest BCUT2D eigenvalue weighted by Gasteiger charge is 2.63. The third kappa shape index (κ3) is 8.23. The van der Waals surface area contributed by atoms with Crippen molar-refractivity contribution in [2.24, 2.45) is 17.3 Å². The molecule has 2 saturated heterocycles. The quantitative estimate of drug-likeness (QED) is 0.182. The molecule has 2 aliphatic heterocycles. The van der Waals surface area contributed by atoms with Gasteiger partial charge in [-0.05, 0) is 56.1 Å². The number of methoxy groups -OCH3 is 1. The van der Waals surface area contributed by atoms with Gasteiger partial charge < -0.3 is 24.6 Å². The van der Waals surface area contributed by atoms with Gasteiger partial charge in [0.1, 0.15) is 34.7 Å². The first-order valence-corrected chi connectivity index (χ1v) is 21.1. The number of thiol groups is 1. The lowest BCUT2D eigenvalue weighted by Gasteiger charge is -2.36. The lowest BCUT2D eigenvalue weighted by atomic mass is 9.77. The van der Waals surface area contributed by atoms with Crippen LogP contribution >= 0.6 is 0 Å². The van der Waals surface area contributed by atoms with Crippen molar-refractivity contribution in [3.05, 3.63) is 67.3 Å². The van der Waals surface area contributed by atoms with Crippen LogP contribution < -0.4 is 14.8 Å². The van der Waals surface area contributed by atoms with Gasteiger partial charge in [-0.3, -0.25) is 19.2 Å². The normalized spacial score (nSPS) is 23.8. The Bertz CT molecular complexity index is 2120. The highest BCUT2D eigenvalue weighted by molar-refractivity contribution is 7.70. The minimum Gasteiger partial charge on any atom is -0.494 e. The maximum Gasteiger partial charge on any atom is 0.262 e. The lowest BCUT2D eigenvalue weighted by molar-refractivity contribution is -0.149. The van der Waals surface area contributed by atoms with Crippen LogP contribution in [0.2, 0.25) is 0 Å². The number of piperidine rings is 1. The van der Waals surface area contributed by atoms with E-state index in [-0.39, 0.29) is 37.6 Å². The summed E-state index contributed by atoms with van der Waals surface area (Å²) in [7, 11) is -1.65. The van der Waals surface area contributed by atoms with E-state index < -0.39 is 63.7 Å². The highest BCUT2D eigenvalue weighted by Crippen LogP contribution is 2.48. The molecule has 3 heterocycles. The Labute approximate surface area is 335 Å². The molecule has 3 aromatic rings. The molecule has 7 rings (SSSR count). The predicted octanol–water partition coefficient (Wildman–Crippen LogP) is 4.90. The van der Waals surface area contributed by atoms with Gasteiger partial charge in [-0.2, -0.15) is 0 Å². The Morgan fingerprint density at radius 3 is 2.37 bits per heavy atom. The molecule has 2 aliphatic carbocycles. The van der Waals surface area contributed by atoms with Crippen LogP contribution in [0, 0.1) is 17.3 Å². The van der Waals surface area contributed by atoms with Crippen molar-refractivity contribution in [2.75, 3.05) is 26.7 Å². The number of hydrogen-bond acceptors (Lipinski definition) is 9. The average Bonchev–Trinajstić information content (AvgIpc) is 4.12. The molecular formula is C43H53N5O8S. The first-order valence-electron chi connectivity index (χ1n) is 20.0. The smallest absolute Gasteiger partial charge is 0.262 e. The van der Waals surface area contributed by atoms with E-state index in [1.54, 1.807) is 13.2 Å². The van der Waals surface area contributed by atoms with Gasteiger partial charge >= 0.3 is 0 Å². The molecule has 1 N–H and O–H groups in total. The number of ether oxygens (including phenoxy) is 2. The van der Waals surface area contributed by atoms with E-state index in [9.17, 15) is 27.6 Å². The number of rotatable bonds is 13. The number of aromatic nitrogens is 1. The fourth-order valence-electron chi connectivity index (χ4n) is 8.39. The van der Waals surface area contributed by atoms with E-state index in [1.165, 1.54) is 4.90 Å². The second-order valence-corrected chi connectivity index (χ2v) is 17.8. The van der Waals surface area contributed by atoms with Crippen molar-refractivity contribution in [1.82, 2.24) is 24.4 Å². The first-order chi connectivity index (χ1) is 27.2. The van der Waals surface area contributed by atoms with Crippen LogP contribution in [0.5, 0.6) is 11.5 Å². The van der Waals surface area contributed by atoms with Crippen LogP contribution in [0.3, 0.4) is 0 Å². The SMILES string of the molecule is C=C[C@@H]1CC1(NC(=O)[C@@H]1C[C@@H](Oc2cc(-c3ccccc3)nc3c(OC)cccc23)CN1C(=O)[C@@H](CC(=O)N1CCCCC1)C(C)(C)C)C(=O)N(C1CC1)[SH](=O)=O. The molecule has 0 bridgehead atoms. The molecule has 57 heavy (non-hydrogen) atoms. The van der Waals surface area contributed by atoms with Gasteiger partial charge in [0.15, 0.2) is 0 Å². The largest absolute Gasteiger partial charge is 0.494 e. The van der Waals surface area contributed by atoms with Gasteiger partial charge in [0.25, 0.3) is 5.91 Å². The fraction of sp³-hybridized carbons (Fsp3) is 0.512. The Morgan fingerprint density at radius 2 is 1.75 bits per heavy atom. The number of likely N-dealkylation sites (tertiary alicyclic amines) is 2. The summed E-state index contributed by atoms with van der Waals surface area (Å²) >= 11 is 0. The zero-order valence-corrected chi connectivity index (χ0v) is 34.0. The number of pyridine rings is 1. The van der Waals surface area contributed by atoms with E-state index in [4.69, 9.17) is 14.5 Å². The van der Waals surface area contributed by atoms with Crippen LogP contribution in [-0.4, -0.2) is 102 Å². The molecule has 2 saturated carbocycles. The average molecular weight is 800 g/mol. The highest BCUT2D eigenvalue weighted by atomic mass is 32.2. The number of nitrogens with one attached hydrogen (secondary N) is 1. The number of carbonyl (C=O) groups is 4. The molecule has 2 aromatic carbocycles. The van der Waals surface area contributed by atoms with Crippen molar-refractivity contribution in [2.45, 2.75) is 95.9 Å². The van der Waals surface area contributed by atoms with E-state index in [0.29, 0.717) is 54.0 Å². The Morgan fingerprint density at radius 1 is 1.04 bits per heavy atom. The molecule has 14 heteroatoms. The molecule has 0 radical (unpaired) electrons. The Balaban J connectivity index is 1.23. The van der Waals surface area contributed by atoms with Crippen LogP contribution in [-0.2, 0) is 30.1 Å². The summed E-state index contributed by atoms with van der Waals surface area (Å²) in [5.41, 5.74) is -0.0500. The van der Waals surface area contributed by atoms with Gasteiger partial charge in [-0.25, -0.2) is 17.7 Å². The number of benzene rings is 2. The van der Waals surface area contributed by atoms with Crippen molar-refractivity contribution >= 4 is 45.4 Å². The van der Waals surface area contributed by atoms with Gasteiger partial charge in [0, 0.05) is 54.9 Å². The fourth-order valence-corrected chi connectivity index (χ4v) is 9.22. The number of carbonyl (C=O) groups excluding carboxylic acids is 4. The van der Waals surface area contributed by atoms with Crippen LogP contribution in [0.15, 0.2) is 67.3 Å². The zero-order valence-electron chi connectivity index (χ0n) is 33.1. The number of fused-ring (bicyclic) bond motifs is 1. The molecule has 304 valence electrons. The number of para-hydroxylation sites is 1. The number of amides is 4.